The third kappa shape index (κ3) is 4.28. The second-order valence-corrected chi connectivity index (χ2v) is 4.35. The Labute approximate surface area is 97.7 Å². The smallest absolute Gasteiger partial charge is 0.128 e. The van der Waals surface area contributed by atoms with Crippen LogP contribution >= 0.6 is 15.9 Å². The zero-order chi connectivity index (χ0) is 11.3. The zero-order valence-corrected chi connectivity index (χ0v) is 10.3. The first kappa shape index (κ1) is 12.6. The lowest BCUT2D eigenvalue weighted by Gasteiger charge is -2.12. The fourth-order valence-electron chi connectivity index (χ4n) is 1.20. The molecule has 0 saturated heterocycles. The van der Waals surface area contributed by atoms with Gasteiger partial charge in [0.2, 0.25) is 0 Å². The highest BCUT2D eigenvalue weighted by atomic mass is 79.9. The van der Waals surface area contributed by atoms with Crippen LogP contribution in [0, 0.1) is 5.82 Å². The van der Waals surface area contributed by atoms with Crippen LogP contribution in [0.25, 0.3) is 0 Å². The van der Waals surface area contributed by atoms with Crippen LogP contribution in [0.15, 0.2) is 22.7 Å². The summed E-state index contributed by atoms with van der Waals surface area (Å²) >= 11 is 3.29. The minimum absolute atomic E-state index is 0.0633. The van der Waals surface area contributed by atoms with Crippen LogP contribution in [0.3, 0.4) is 0 Å². The largest absolute Gasteiger partial charge is 0.374 e. The number of rotatable bonds is 5. The molecule has 0 bridgehead atoms. The summed E-state index contributed by atoms with van der Waals surface area (Å²) in [5, 5.41) is 0. The van der Waals surface area contributed by atoms with E-state index in [1.807, 2.05) is 6.92 Å². The molecule has 0 heterocycles. The van der Waals surface area contributed by atoms with E-state index in [9.17, 15) is 4.39 Å². The van der Waals surface area contributed by atoms with E-state index in [4.69, 9.17) is 10.5 Å². The van der Waals surface area contributed by atoms with Crippen molar-refractivity contribution in [2.24, 2.45) is 5.73 Å². The van der Waals surface area contributed by atoms with Crippen LogP contribution in [0.1, 0.15) is 18.9 Å². The lowest BCUT2D eigenvalue weighted by molar-refractivity contribution is 0.0476. The first-order valence-electron chi connectivity index (χ1n) is 4.89. The Hall–Kier alpha value is -0.450. The minimum Gasteiger partial charge on any atom is -0.374 e. The van der Waals surface area contributed by atoms with E-state index >= 15 is 0 Å². The molecule has 0 aliphatic heterocycles. The predicted molar refractivity (Wildman–Crippen MR) is 62.0 cm³/mol. The topological polar surface area (TPSA) is 35.2 Å². The molecule has 0 aliphatic carbocycles. The lowest BCUT2D eigenvalue weighted by atomic mass is 10.2. The Kier molecular flexibility index (Phi) is 5.22. The van der Waals surface area contributed by atoms with Crippen molar-refractivity contribution in [2.45, 2.75) is 26.1 Å². The molecule has 1 aromatic rings. The molecule has 2 N–H and O–H groups in total. The van der Waals surface area contributed by atoms with Gasteiger partial charge in [0.05, 0.1) is 12.7 Å². The zero-order valence-electron chi connectivity index (χ0n) is 8.67. The van der Waals surface area contributed by atoms with Crippen molar-refractivity contribution in [3.05, 3.63) is 34.1 Å². The van der Waals surface area contributed by atoms with Gasteiger partial charge in [0.1, 0.15) is 5.82 Å². The summed E-state index contributed by atoms with van der Waals surface area (Å²) in [6, 6.07) is 4.82. The van der Waals surface area contributed by atoms with Gasteiger partial charge in [0.15, 0.2) is 0 Å². The van der Waals surface area contributed by atoms with Crippen LogP contribution in [0.5, 0.6) is 0 Å². The molecule has 1 aromatic carbocycles. The Morgan fingerprint density at radius 3 is 2.93 bits per heavy atom. The number of benzene rings is 1. The fourth-order valence-corrected chi connectivity index (χ4v) is 1.61. The molecule has 0 spiro atoms. The molecular weight excluding hydrogens is 261 g/mol. The van der Waals surface area contributed by atoms with Crippen molar-refractivity contribution in [3.63, 3.8) is 0 Å². The van der Waals surface area contributed by atoms with Gasteiger partial charge in [-0.1, -0.05) is 15.9 Å². The van der Waals surface area contributed by atoms with Gasteiger partial charge in [0, 0.05) is 10.0 Å². The van der Waals surface area contributed by atoms with Crippen molar-refractivity contribution in [1.29, 1.82) is 0 Å². The molecule has 2 nitrogen and oxygen atoms in total. The Morgan fingerprint density at radius 2 is 2.27 bits per heavy atom. The molecule has 84 valence electrons. The summed E-state index contributed by atoms with van der Waals surface area (Å²) in [6.45, 7) is 2.80. The molecule has 4 heteroatoms. The molecule has 15 heavy (non-hydrogen) atoms. The van der Waals surface area contributed by atoms with Gasteiger partial charge < -0.3 is 10.5 Å². The van der Waals surface area contributed by atoms with Crippen molar-refractivity contribution < 1.29 is 9.13 Å². The SMILES string of the molecule is CC(CCN)OCc1cc(Br)ccc1F. The fraction of sp³-hybridized carbons (Fsp3) is 0.455. The van der Waals surface area contributed by atoms with Gasteiger partial charge in [-0.05, 0) is 38.1 Å². The van der Waals surface area contributed by atoms with E-state index in [0.29, 0.717) is 12.1 Å². The summed E-state index contributed by atoms with van der Waals surface area (Å²) in [7, 11) is 0. The van der Waals surface area contributed by atoms with E-state index in [-0.39, 0.29) is 18.5 Å². The highest BCUT2D eigenvalue weighted by Gasteiger charge is 2.06. The maximum atomic E-state index is 13.3. The average molecular weight is 276 g/mol. The third-order valence-electron chi connectivity index (χ3n) is 2.10. The van der Waals surface area contributed by atoms with Crippen LogP contribution in [0.4, 0.5) is 4.39 Å². The Morgan fingerprint density at radius 1 is 1.53 bits per heavy atom. The number of hydrogen-bond acceptors (Lipinski definition) is 2. The molecule has 0 fully saturated rings. The Balaban J connectivity index is 2.53. The first-order valence-corrected chi connectivity index (χ1v) is 5.68. The third-order valence-corrected chi connectivity index (χ3v) is 2.60. The summed E-state index contributed by atoms with van der Waals surface area (Å²) in [5.41, 5.74) is 5.95. The van der Waals surface area contributed by atoms with Crippen molar-refractivity contribution in [2.75, 3.05) is 6.54 Å². The molecule has 0 aliphatic rings. The second kappa shape index (κ2) is 6.20. The number of hydrogen-bond donors (Lipinski definition) is 1. The van der Waals surface area contributed by atoms with E-state index in [1.54, 1.807) is 12.1 Å². The first-order chi connectivity index (χ1) is 7.13. The Bertz CT molecular complexity index is 319. The van der Waals surface area contributed by atoms with Gasteiger partial charge in [-0.2, -0.15) is 0 Å². The van der Waals surface area contributed by atoms with Crippen LogP contribution in [0.2, 0.25) is 0 Å². The molecule has 1 rings (SSSR count). The average Bonchev–Trinajstić information content (AvgIpc) is 2.20. The second-order valence-electron chi connectivity index (χ2n) is 3.43. The van der Waals surface area contributed by atoms with Gasteiger partial charge in [-0.15, -0.1) is 0 Å². The lowest BCUT2D eigenvalue weighted by Crippen LogP contribution is -2.14. The normalized spacial score (nSPS) is 12.8. The van der Waals surface area contributed by atoms with Crippen LogP contribution in [-0.2, 0) is 11.3 Å². The highest BCUT2D eigenvalue weighted by Crippen LogP contribution is 2.17. The maximum Gasteiger partial charge on any atom is 0.128 e. The van der Waals surface area contributed by atoms with Gasteiger partial charge in [-0.3, -0.25) is 0 Å². The molecule has 1 atom stereocenters. The van der Waals surface area contributed by atoms with E-state index in [1.165, 1.54) is 6.07 Å². The van der Waals surface area contributed by atoms with E-state index < -0.39 is 0 Å². The van der Waals surface area contributed by atoms with Crippen molar-refractivity contribution in [3.8, 4) is 0 Å². The molecule has 0 saturated carbocycles. The quantitative estimate of drug-likeness (QED) is 0.897. The summed E-state index contributed by atoms with van der Waals surface area (Å²) in [4.78, 5) is 0. The molecular formula is C11H15BrFNO. The number of ether oxygens (including phenoxy) is 1. The molecule has 1 unspecified atom stereocenters. The van der Waals surface area contributed by atoms with Gasteiger partial charge in [0.25, 0.3) is 0 Å². The molecule has 0 aromatic heterocycles. The summed E-state index contributed by atoms with van der Waals surface area (Å²) in [6.07, 6.45) is 0.851. The minimum atomic E-state index is -0.238. The predicted octanol–water partition coefficient (Wildman–Crippen LogP) is 2.84. The van der Waals surface area contributed by atoms with E-state index in [2.05, 4.69) is 15.9 Å². The molecule has 0 amide bonds. The van der Waals surface area contributed by atoms with Crippen molar-refractivity contribution in [1.82, 2.24) is 0 Å². The maximum absolute atomic E-state index is 13.3. The highest BCUT2D eigenvalue weighted by molar-refractivity contribution is 9.10. The summed E-state index contributed by atoms with van der Waals surface area (Å²) in [5.74, 6) is -0.238. The monoisotopic (exact) mass is 275 g/mol. The van der Waals surface area contributed by atoms with E-state index in [0.717, 1.165) is 10.9 Å². The van der Waals surface area contributed by atoms with Crippen molar-refractivity contribution >= 4 is 15.9 Å². The van der Waals surface area contributed by atoms with Gasteiger partial charge in [-0.25, -0.2) is 4.39 Å². The number of nitrogens with two attached hydrogens (primary N) is 1. The number of halogens is 2. The van der Waals surface area contributed by atoms with Crippen LogP contribution < -0.4 is 5.73 Å². The van der Waals surface area contributed by atoms with Gasteiger partial charge >= 0.3 is 0 Å². The molecule has 0 radical (unpaired) electrons. The standard InChI is InChI=1S/C11H15BrFNO/c1-8(4-5-14)15-7-9-6-10(12)2-3-11(9)13/h2-3,6,8H,4-5,7,14H2,1H3. The summed E-state index contributed by atoms with van der Waals surface area (Å²) < 4.78 is 19.6. The van der Waals surface area contributed by atoms with Crippen LogP contribution in [-0.4, -0.2) is 12.6 Å².